The van der Waals surface area contributed by atoms with Crippen molar-refractivity contribution in [2.45, 2.75) is 22.7 Å². The molecule has 1 heterocycles. The van der Waals surface area contributed by atoms with Gasteiger partial charge in [-0.05, 0) is 54.1 Å². The standard InChI is InChI=1S/C20H16F3N3O4S/c21-20(22,23)30-15-5-7-16(8-6-15)31(28,29)18-4-2-1-3-17(18)26(19(24)27)13-14-9-11-25-12-10-14/h1-12H,13H2,(H2,24,27). The normalized spacial score (nSPS) is 11.7. The number of benzene rings is 2. The molecule has 0 radical (unpaired) electrons. The highest BCUT2D eigenvalue weighted by Gasteiger charge is 2.31. The molecule has 0 aliphatic rings. The first-order valence-corrected chi connectivity index (χ1v) is 10.2. The van der Waals surface area contributed by atoms with Crippen LogP contribution in [-0.4, -0.2) is 25.8 Å². The molecule has 1 aromatic heterocycles. The zero-order chi connectivity index (χ0) is 22.6. The second kappa shape index (κ2) is 8.64. The molecular weight excluding hydrogens is 435 g/mol. The first-order chi connectivity index (χ1) is 14.6. The van der Waals surface area contributed by atoms with Crippen molar-refractivity contribution in [3.63, 3.8) is 0 Å². The van der Waals surface area contributed by atoms with E-state index in [1.165, 1.54) is 36.7 Å². The van der Waals surface area contributed by atoms with Crippen molar-refractivity contribution < 1.29 is 31.1 Å². The molecule has 3 aromatic rings. The van der Waals surface area contributed by atoms with Crippen LogP contribution in [0.15, 0.2) is 82.8 Å². The summed E-state index contributed by atoms with van der Waals surface area (Å²) in [6.45, 7) is -0.0112. The maximum absolute atomic E-state index is 13.2. The van der Waals surface area contributed by atoms with Gasteiger partial charge in [-0.25, -0.2) is 13.2 Å². The van der Waals surface area contributed by atoms with Gasteiger partial charge in [-0.15, -0.1) is 13.2 Å². The summed E-state index contributed by atoms with van der Waals surface area (Å²) in [7, 11) is -4.20. The lowest BCUT2D eigenvalue weighted by Gasteiger charge is -2.23. The average molecular weight is 451 g/mol. The first kappa shape index (κ1) is 22.1. The number of anilines is 1. The number of ether oxygens (including phenoxy) is 1. The molecule has 0 saturated heterocycles. The van der Waals surface area contributed by atoms with Crippen LogP contribution in [0.2, 0.25) is 0 Å². The summed E-state index contributed by atoms with van der Waals surface area (Å²) in [5.74, 6) is -0.559. The monoisotopic (exact) mass is 451 g/mol. The number of nitrogens with zero attached hydrogens (tertiary/aromatic N) is 2. The number of nitrogens with two attached hydrogens (primary N) is 1. The molecule has 0 fully saturated rings. The number of carbonyl (C=O) groups is 1. The highest BCUT2D eigenvalue weighted by molar-refractivity contribution is 7.91. The van der Waals surface area contributed by atoms with Crippen LogP contribution in [0.3, 0.4) is 0 Å². The van der Waals surface area contributed by atoms with E-state index in [-0.39, 0.29) is 22.0 Å². The third kappa shape index (κ3) is 5.31. The van der Waals surface area contributed by atoms with Crippen molar-refractivity contribution in [3.8, 4) is 5.75 Å². The molecule has 0 atom stereocenters. The average Bonchev–Trinajstić information content (AvgIpc) is 2.72. The molecule has 2 aromatic carbocycles. The number of sulfone groups is 1. The minimum absolute atomic E-state index is 0.0112. The zero-order valence-electron chi connectivity index (χ0n) is 15.8. The van der Waals surface area contributed by atoms with Crippen LogP contribution in [0.1, 0.15) is 5.56 Å². The Morgan fingerprint density at radius 3 is 2.19 bits per heavy atom. The lowest BCUT2D eigenvalue weighted by Crippen LogP contribution is -2.36. The van der Waals surface area contributed by atoms with Gasteiger partial charge in [0.15, 0.2) is 0 Å². The fourth-order valence-corrected chi connectivity index (χ4v) is 4.27. The summed E-state index contributed by atoms with van der Waals surface area (Å²) in [6, 6.07) is 11.9. The van der Waals surface area contributed by atoms with E-state index in [4.69, 9.17) is 5.73 Å². The van der Waals surface area contributed by atoms with Gasteiger partial charge in [0.25, 0.3) is 0 Å². The fourth-order valence-electron chi connectivity index (χ4n) is 2.81. The van der Waals surface area contributed by atoms with E-state index in [0.717, 1.165) is 29.2 Å². The van der Waals surface area contributed by atoms with E-state index in [1.807, 2.05) is 0 Å². The Morgan fingerprint density at radius 1 is 1.00 bits per heavy atom. The van der Waals surface area contributed by atoms with Gasteiger partial charge in [0, 0.05) is 12.4 Å². The predicted molar refractivity (Wildman–Crippen MR) is 105 cm³/mol. The summed E-state index contributed by atoms with van der Waals surface area (Å²) in [6.07, 6.45) is -1.87. The Morgan fingerprint density at radius 2 is 1.61 bits per heavy atom. The summed E-state index contributed by atoms with van der Waals surface area (Å²) < 4.78 is 67.2. The Bertz CT molecular complexity index is 1170. The number of halogens is 3. The number of rotatable bonds is 6. The van der Waals surface area contributed by atoms with Crippen LogP contribution in [0.5, 0.6) is 5.75 Å². The quantitative estimate of drug-likeness (QED) is 0.612. The smallest absolute Gasteiger partial charge is 0.406 e. The fraction of sp³-hybridized carbons (Fsp3) is 0.100. The molecule has 0 bridgehead atoms. The molecular formula is C20H16F3N3O4S. The number of primary amides is 1. The van der Waals surface area contributed by atoms with E-state index in [1.54, 1.807) is 12.1 Å². The van der Waals surface area contributed by atoms with Gasteiger partial charge in [-0.3, -0.25) is 9.88 Å². The summed E-state index contributed by atoms with van der Waals surface area (Å²) in [4.78, 5) is 16.6. The Hall–Kier alpha value is -3.60. The highest BCUT2D eigenvalue weighted by Crippen LogP contribution is 2.32. The molecule has 0 aliphatic heterocycles. The van der Waals surface area contributed by atoms with Crippen LogP contribution in [0, 0.1) is 0 Å². The van der Waals surface area contributed by atoms with Gasteiger partial charge in [0.2, 0.25) is 9.84 Å². The van der Waals surface area contributed by atoms with E-state index in [2.05, 4.69) is 9.72 Å². The summed E-state index contributed by atoms with van der Waals surface area (Å²) in [5, 5.41) is 0. The zero-order valence-corrected chi connectivity index (χ0v) is 16.6. The van der Waals surface area contributed by atoms with Crippen LogP contribution >= 0.6 is 0 Å². The molecule has 0 spiro atoms. The largest absolute Gasteiger partial charge is 0.573 e. The molecule has 0 unspecified atom stereocenters. The molecule has 2 amide bonds. The first-order valence-electron chi connectivity index (χ1n) is 8.74. The van der Waals surface area contributed by atoms with E-state index >= 15 is 0 Å². The van der Waals surface area contributed by atoms with Crippen molar-refractivity contribution >= 4 is 21.6 Å². The molecule has 31 heavy (non-hydrogen) atoms. The van der Waals surface area contributed by atoms with Gasteiger partial charge in [0.1, 0.15) is 5.75 Å². The Balaban J connectivity index is 2.00. The number of hydrogen-bond acceptors (Lipinski definition) is 5. The van der Waals surface area contributed by atoms with Crippen LogP contribution in [-0.2, 0) is 16.4 Å². The van der Waals surface area contributed by atoms with E-state index < -0.39 is 28.0 Å². The molecule has 162 valence electrons. The van der Waals surface area contributed by atoms with Crippen LogP contribution in [0.4, 0.5) is 23.7 Å². The third-order valence-electron chi connectivity index (χ3n) is 4.17. The van der Waals surface area contributed by atoms with E-state index in [0.29, 0.717) is 5.56 Å². The Labute approximate surface area is 175 Å². The summed E-state index contributed by atoms with van der Waals surface area (Å²) >= 11 is 0. The van der Waals surface area contributed by atoms with Crippen molar-refractivity contribution in [1.29, 1.82) is 0 Å². The van der Waals surface area contributed by atoms with Crippen molar-refractivity contribution in [2.75, 3.05) is 4.90 Å². The molecule has 11 heteroatoms. The third-order valence-corrected chi connectivity index (χ3v) is 5.99. The molecule has 0 aliphatic carbocycles. The van der Waals surface area contributed by atoms with Gasteiger partial charge in [-0.1, -0.05) is 12.1 Å². The van der Waals surface area contributed by atoms with Gasteiger partial charge < -0.3 is 10.5 Å². The Kier molecular flexibility index (Phi) is 6.16. The number of alkyl halides is 3. The second-order valence-electron chi connectivity index (χ2n) is 6.27. The molecule has 2 N–H and O–H groups in total. The van der Waals surface area contributed by atoms with E-state index in [9.17, 15) is 26.4 Å². The lowest BCUT2D eigenvalue weighted by molar-refractivity contribution is -0.274. The summed E-state index contributed by atoms with van der Waals surface area (Å²) in [5.41, 5.74) is 6.19. The lowest BCUT2D eigenvalue weighted by atomic mass is 10.2. The number of hydrogen-bond donors (Lipinski definition) is 1. The topological polar surface area (TPSA) is 103 Å². The second-order valence-corrected chi connectivity index (χ2v) is 8.19. The highest BCUT2D eigenvalue weighted by atomic mass is 32.2. The van der Waals surface area contributed by atoms with Crippen molar-refractivity contribution in [1.82, 2.24) is 4.98 Å². The predicted octanol–water partition coefficient (Wildman–Crippen LogP) is 3.90. The number of para-hydroxylation sites is 1. The molecule has 0 saturated carbocycles. The van der Waals surface area contributed by atoms with Crippen molar-refractivity contribution in [2.24, 2.45) is 5.73 Å². The SMILES string of the molecule is NC(=O)N(Cc1ccncc1)c1ccccc1S(=O)(=O)c1ccc(OC(F)(F)F)cc1. The number of carbonyl (C=O) groups excluding carboxylic acids is 1. The van der Waals surface area contributed by atoms with Gasteiger partial charge >= 0.3 is 12.4 Å². The number of urea groups is 1. The molecule has 3 rings (SSSR count). The number of aromatic nitrogens is 1. The van der Waals surface area contributed by atoms with Crippen LogP contribution < -0.4 is 15.4 Å². The number of amides is 2. The molecule has 7 nitrogen and oxygen atoms in total. The van der Waals surface area contributed by atoms with Crippen LogP contribution in [0.25, 0.3) is 0 Å². The van der Waals surface area contributed by atoms with Gasteiger partial charge in [-0.2, -0.15) is 0 Å². The van der Waals surface area contributed by atoms with Gasteiger partial charge in [0.05, 0.1) is 22.0 Å². The number of pyridine rings is 1. The minimum Gasteiger partial charge on any atom is -0.406 e. The minimum atomic E-state index is -4.90. The van der Waals surface area contributed by atoms with Crippen molar-refractivity contribution in [3.05, 3.63) is 78.6 Å². The maximum atomic E-state index is 13.2. The maximum Gasteiger partial charge on any atom is 0.573 e.